The van der Waals surface area contributed by atoms with Crippen LogP contribution in [0.5, 0.6) is 0 Å². The van der Waals surface area contributed by atoms with Crippen LogP contribution in [-0.2, 0) is 14.8 Å². The zero-order valence-electron chi connectivity index (χ0n) is 18.3. The van der Waals surface area contributed by atoms with Gasteiger partial charge in [-0.25, -0.2) is 18.4 Å². The van der Waals surface area contributed by atoms with Gasteiger partial charge in [-0.3, -0.25) is 4.79 Å². The fourth-order valence-corrected chi connectivity index (χ4v) is 5.14. The second-order valence-electron chi connectivity index (χ2n) is 9.06. The van der Waals surface area contributed by atoms with Crippen molar-refractivity contribution in [2.24, 2.45) is 11.3 Å². The van der Waals surface area contributed by atoms with Crippen molar-refractivity contribution in [3.63, 3.8) is 0 Å². The van der Waals surface area contributed by atoms with Gasteiger partial charge in [0.2, 0.25) is 15.9 Å². The van der Waals surface area contributed by atoms with E-state index in [9.17, 15) is 13.2 Å². The quantitative estimate of drug-likeness (QED) is 0.711. The molecule has 3 heterocycles. The Balaban J connectivity index is 1.70. The van der Waals surface area contributed by atoms with Gasteiger partial charge in [0.05, 0.1) is 11.1 Å². The molecule has 30 heavy (non-hydrogen) atoms. The Kier molecular flexibility index (Phi) is 6.37. The smallest absolute Gasteiger partial charge is 0.225 e. The summed E-state index contributed by atoms with van der Waals surface area (Å²) >= 11 is 0. The highest BCUT2D eigenvalue weighted by molar-refractivity contribution is 7.89. The number of hydrogen-bond donors (Lipinski definition) is 2. The summed E-state index contributed by atoms with van der Waals surface area (Å²) in [6.45, 7) is 8.55. The number of H-pyrrole nitrogens is 1. The van der Waals surface area contributed by atoms with Gasteiger partial charge >= 0.3 is 0 Å². The van der Waals surface area contributed by atoms with Crippen molar-refractivity contribution in [1.82, 2.24) is 24.6 Å². The fourth-order valence-electron chi connectivity index (χ4n) is 3.76. The van der Waals surface area contributed by atoms with Crippen molar-refractivity contribution in [2.45, 2.75) is 40.2 Å². The number of likely N-dealkylation sites (N-methyl/N-ethyl adjacent to an activating group) is 1. The van der Waals surface area contributed by atoms with Crippen LogP contribution in [0.15, 0.2) is 18.6 Å². The van der Waals surface area contributed by atoms with Crippen molar-refractivity contribution in [1.29, 1.82) is 0 Å². The number of aromatic nitrogens is 3. The topological polar surface area (TPSA) is 111 Å². The van der Waals surface area contributed by atoms with Crippen LogP contribution in [0.2, 0.25) is 0 Å². The van der Waals surface area contributed by atoms with E-state index in [0.29, 0.717) is 19.0 Å². The molecule has 1 amide bonds. The lowest BCUT2D eigenvalue weighted by molar-refractivity contribution is -0.128. The molecular weight excluding hydrogens is 404 g/mol. The summed E-state index contributed by atoms with van der Waals surface area (Å²) in [7, 11) is -1.52. The van der Waals surface area contributed by atoms with Gasteiger partial charge in [-0.15, -0.1) is 0 Å². The number of rotatable bonds is 6. The molecule has 1 fully saturated rings. The van der Waals surface area contributed by atoms with Gasteiger partial charge in [-0.05, 0) is 18.4 Å². The lowest BCUT2D eigenvalue weighted by Crippen LogP contribution is -2.53. The lowest BCUT2D eigenvalue weighted by atomic mass is 9.93. The number of nitrogens with zero attached hydrogens (tertiary/aromatic N) is 4. The highest BCUT2D eigenvalue weighted by atomic mass is 32.2. The van der Waals surface area contributed by atoms with Crippen LogP contribution >= 0.6 is 0 Å². The monoisotopic (exact) mass is 436 g/mol. The predicted molar refractivity (Wildman–Crippen MR) is 118 cm³/mol. The molecule has 1 saturated heterocycles. The molecule has 2 aromatic rings. The Morgan fingerprint density at radius 2 is 2.10 bits per heavy atom. The number of anilines is 1. The van der Waals surface area contributed by atoms with Crippen LogP contribution in [0, 0.1) is 11.3 Å². The van der Waals surface area contributed by atoms with Crippen molar-refractivity contribution in [2.75, 3.05) is 37.3 Å². The van der Waals surface area contributed by atoms with E-state index in [2.05, 4.69) is 32.1 Å². The number of carbonyl (C=O) groups excluding carboxylic acids is 1. The van der Waals surface area contributed by atoms with Crippen LogP contribution < -0.4 is 10.2 Å². The summed E-state index contributed by atoms with van der Waals surface area (Å²) in [4.78, 5) is 25.8. The molecule has 2 aromatic heterocycles. The summed E-state index contributed by atoms with van der Waals surface area (Å²) in [5, 5.41) is 3.64. The normalized spacial score (nSPS) is 21.0. The Morgan fingerprint density at radius 1 is 1.37 bits per heavy atom. The maximum absolute atomic E-state index is 12.9. The molecule has 1 aliphatic heterocycles. The SMILES string of the molecule is C[C@@H]1CCN(S(=O)(=O)CCNC(=O)C(C)(C)C)C[C@@H]1N(C)c1ncnc2[nH]ccc12. The lowest BCUT2D eigenvalue weighted by Gasteiger charge is -2.41. The Bertz CT molecular complexity index is 997. The van der Waals surface area contributed by atoms with E-state index >= 15 is 0 Å². The zero-order chi connectivity index (χ0) is 22.1. The van der Waals surface area contributed by atoms with E-state index in [-0.39, 0.29) is 24.2 Å². The molecule has 0 unspecified atom stereocenters. The Hall–Kier alpha value is -2.20. The van der Waals surface area contributed by atoms with Gasteiger partial charge in [0.1, 0.15) is 17.8 Å². The maximum Gasteiger partial charge on any atom is 0.225 e. The molecule has 3 rings (SSSR count). The van der Waals surface area contributed by atoms with Crippen molar-refractivity contribution >= 4 is 32.8 Å². The molecule has 0 radical (unpaired) electrons. The summed E-state index contributed by atoms with van der Waals surface area (Å²) in [6, 6.07) is 1.92. The van der Waals surface area contributed by atoms with Crippen LogP contribution in [0.1, 0.15) is 34.1 Å². The fraction of sp³-hybridized carbons (Fsp3) is 0.650. The first kappa shape index (κ1) is 22.5. The van der Waals surface area contributed by atoms with Crippen molar-refractivity contribution < 1.29 is 13.2 Å². The number of fused-ring (bicyclic) bond motifs is 1. The third-order valence-electron chi connectivity index (χ3n) is 5.77. The molecule has 2 N–H and O–H groups in total. The molecule has 0 bridgehead atoms. The largest absolute Gasteiger partial charge is 0.355 e. The first-order chi connectivity index (χ1) is 14.0. The van der Waals surface area contributed by atoms with E-state index < -0.39 is 15.4 Å². The molecule has 2 atom stereocenters. The van der Waals surface area contributed by atoms with Crippen molar-refractivity contribution in [3.05, 3.63) is 18.6 Å². The number of piperidine rings is 1. The minimum atomic E-state index is -3.48. The molecule has 0 spiro atoms. The van der Waals surface area contributed by atoms with Crippen LogP contribution in [0.25, 0.3) is 11.0 Å². The summed E-state index contributed by atoms with van der Waals surface area (Å²) in [5.74, 6) is 0.845. The van der Waals surface area contributed by atoms with Gasteiger partial charge in [0.15, 0.2) is 0 Å². The van der Waals surface area contributed by atoms with E-state index in [4.69, 9.17) is 0 Å². The number of aromatic amines is 1. The van der Waals surface area contributed by atoms with E-state index in [1.807, 2.05) is 19.3 Å². The van der Waals surface area contributed by atoms with Crippen LogP contribution in [-0.4, -0.2) is 72.1 Å². The third-order valence-corrected chi connectivity index (χ3v) is 7.60. The minimum absolute atomic E-state index is 0.00862. The van der Waals surface area contributed by atoms with Gasteiger partial charge in [0, 0.05) is 44.3 Å². The maximum atomic E-state index is 12.9. The molecule has 0 saturated carbocycles. The number of hydrogen-bond acceptors (Lipinski definition) is 6. The molecular formula is C20H32N6O3S. The molecule has 0 aromatic carbocycles. The number of sulfonamides is 1. The Labute approximate surface area is 178 Å². The first-order valence-corrected chi connectivity index (χ1v) is 11.9. The average Bonchev–Trinajstić information content (AvgIpc) is 3.15. The molecule has 1 aliphatic rings. The van der Waals surface area contributed by atoms with E-state index in [1.165, 1.54) is 6.33 Å². The molecule has 10 heteroatoms. The summed E-state index contributed by atoms with van der Waals surface area (Å²) < 4.78 is 27.4. The van der Waals surface area contributed by atoms with Gasteiger partial charge in [-0.1, -0.05) is 27.7 Å². The number of carbonyl (C=O) groups is 1. The second kappa shape index (κ2) is 8.50. The first-order valence-electron chi connectivity index (χ1n) is 10.3. The molecule has 9 nitrogen and oxygen atoms in total. The zero-order valence-corrected chi connectivity index (χ0v) is 19.2. The average molecular weight is 437 g/mol. The van der Waals surface area contributed by atoms with E-state index in [0.717, 1.165) is 23.3 Å². The molecule has 166 valence electrons. The van der Waals surface area contributed by atoms with Gasteiger partial charge in [0.25, 0.3) is 0 Å². The highest BCUT2D eigenvalue weighted by Crippen LogP contribution is 2.29. The minimum Gasteiger partial charge on any atom is -0.355 e. The molecule has 0 aliphatic carbocycles. The second-order valence-corrected chi connectivity index (χ2v) is 11.1. The highest BCUT2D eigenvalue weighted by Gasteiger charge is 2.35. The van der Waals surface area contributed by atoms with Crippen molar-refractivity contribution in [3.8, 4) is 0 Å². The Morgan fingerprint density at radius 3 is 2.80 bits per heavy atom. The van der Waals surface area contributed by atoms with Crippen LogP contribution in [0.3, 0.4) is 0 Å². The summed E-state index contributed by atoms with van der Waals surface area (Å²) in [6.07, 6.45) is 4.11. The summed E-state index contributed by atoms with van der Waals surface area (Å²) in [5.41, 5.74) is 0.216. The standard InChI is InChI=1S/C20H32N6O3S/c1-14-7-10-26(30(28,29)11-9-22-19(27)20(2,3)4)12-16(14)25(5)18-15-6-8-21-17(15)23-13-24-18/h6,8,13-14,16H,7,9-12H2,1-5H3,(H,22,27)(H,21,23,24)/t14-,16+/m1/s1. The van der Waals surface area contributed by atoms with Gasteiger partial charge < -0.3 is 15.2 Å². The third kappa shape index (κ3) is 4.75. The predicted octanol–water partition coefficient (Wildman–Crippen LogP) is 1.60. The van der Waals surface area contributed by atoms with Gasteiger partial charge in [-0.2, -0.15) is 4.31 Å². The number of amides is 1. The number of nitrogens with one attached hydrogen (secondary N) is 2. The van der Waals surface area contributed by atoms with E-state index in [1.54, 1.807) is 25.1 Å². The van der Waals surface area contributed by atoms with Crippen LogP contribution in [0.4, 0.5) is 5.82 Å².